The van der Waals surface area contributed by atoms with Crippen molar-refractivity contribution in [2.24, 2.45) is 5.41 Å². The first kappa shape index (κ1) is 44.1. The molecule has 10 heteroatoms. The van der Waals surface area contributed by atoms with Crippen molar-refractivity contribution < 1.29 is 29.4 Å². The summed E-state index contributed by atoms with van der Waals surface area (Å²) < 4.78 is 0. The van der Waals surface area contributed by atoms with Crippen LogP contribution < -0.4 is 21.7 Å². The maximum Gasteiger partial charge on any atom is 0.273 e. The van der Waals surface area contributed by atoms with Gasteiger partial charge in [-0.3, -0.25) is 40.9 Å². The summed E-state index contributed by atoms with van der Waals surface area (Å²) in [4.78, 5) is 54.8. The van der Waals surface area contributed by atoms with Gasteiger partial charge in [0.15, 0.2) is 0 Å². The molecule has 0 heterocycles. The number of amides is 4. The van der Waals surface area contributed by atoms with Crippen LogP contribution in [0.4, 0.5) is 0 Å². The Morgan fingerprint density at radius 3 is 1.27 bits per heavy atom. The smallest absolute Gasteiger partial charge is 0.273 e. The van der Waals surface area contributed by atoms with Crippen molar-refractivity contribution in [3.05, 3.63) is 58.7 Å². The molecule has 0 saturated carbocycles. The van der Waals surface area contributed by atoms with Crippen LogP contribution in [-0.4, -0.2) is 33.8 Å². The number of hydrogen-bond acceptors (Lipinski definition) is 6. The van der Waals surface area contributed by atoms with Crippen LogP contribution >= 0.6 is 0 Å². The topological polar surface area (TPSA) is 157 Å². The minimum atomic E-state index is -1.61. The number of carbonyl (C=O) groups excluding carboxylic acids is 4. The first-order valence-corrected chi connectivity index (χ1v) is 20.0. The first-order valence-electron chi connectivity index (χ1n) is 20.0. The molecule has 2 aromatic rings. The van der Waals surface area contributed by atoms with Gasteiger partial charge in [-0.25, -0.2) is 0 Å². The Morgan fingerprint density at radius 2 is 0.865 bits per heavy atom. The number of aromatic hydroxyl groups is 2. The van der Waals surface area contributed by atoms with Crippen LogP contribution in [0.1, 0.15) is 182 Å². The summed E-state index contributed by atoms with van der Waals surface area (Å²) in [5.74, 6) is -3.12. The molecule has 52 heavy (non-hydrogen) atoms. The van der Waals surface area contributed by atoms with Crippen LogP contribution in [0, 0.1) is 5.41 Å². The average molecular weight is 723 g/mol. The normalized spacial score (nSPS) is 11.2. The van der Waals surface area contributed by atoms with Gasteiger partial charge in [0.1, 0.15) is 16.9 Å². The molecule has 0 spiro atoms. The van der Waals surface area contributed by atoms with E-state index in [1.165, 1.54) is 37.8 Å². The molecule has 2 aromatic carbocycles. The summed E-state index contributed by atoms with van der Waals surface area (Å²) in [5.41, 5.74) is 9.84. The van der Waals surface area contributed by atoms with E-state index in [0.717, 1.165) is 70.6 Å². The Hall–Kier alpha value is -4.08. The molecule has 0 unspecified atom stereocenters. The number of aryl methyl sites for hydroxylation is 2. The standard InChI is InChI=1S/C42H66N4O6/c1-5-9-12-15-17-19-24-32-26-22-28-34(47)36(32)38(49)43-45-40(51)42(30-8-4,31-21-14-11-7-3)41(52)46-44-39(50)37-33(27-23-29-35(37)48)25-20-18-16-13-10-6-2/h22-23,26-29,47-48H,5-21,24-25,30-31H2,1-4H3,(H,43,49)(H,44,50)(H,45,51)(H,46,52). The highest BCUT2D eigenvalue weighted by Crippen LogP contribution is 2.32. The lowest BCUT2D eigenvalue weighted by atomic mass is 9.77. The summed E-state index contributed by atoms with van der Waals surface area (Å²) >= 11 is 0. The molecule has 4 amide bonds. The highest BCUT2D eigenvalue weighted by atomic mass is 16.3. The highest BCUT2D eigenvalue weighted by Gasteiger charge is 2.45. The largest absolute Gasteiger partial charge is 0.507 e. The Kier molecular flexibility index (Phi) is 21.2. The van der Waals surface area contributed by atoms with Gasteiger partial charge < -0.3 is 10.2 Å². The molecule has 0 atom stereocenters. The quantitative estimate of drug-likeness (QED) is 0.0342. The Morgan fingerprint density at radius 1 is 0.481 bits per heavy atom. The summed E-state index contributed by atoms with van der Waals surface area (Å²) in [5, 5.41) is 21.3. The van der Waals surface area contributed by atoms with Crippen LogP contribution in [0.3, 0.4) is 0 Å². The Balaban J connectivity index is 2.21. The van der Waals surface area contributed by atoms with Gasteiger partial charge in [-0.2, -0.15) is 0 Å². The van der Waals surface area contributed by atoms with Crippen molar-refractivity contribution in [3.8, 4) is 11.5 Å². The predicted octanol–water partition coefficient (Wildman–Crippen LogP) is 8.88. The molecule has 2 rings (SSSR count). The fourth-order valence-electron chi connectivity index (χ4n) is 6.86. The first-order chi connectivity index (χ1) is 25.2. The monoisotopic (exact) mass is 722 g/mol. The van der Waals surface area contributed by atoms with E-state index in [1.54, 1.807) is 24.3 Å². The molecular formula is C42H66N4O6. The molecule has 0 saturated heterocycles. The fraction of sp³-hybridized carbons (Fsp3) is 0.619. The number of carbonyl (C=O) groups is 4. The molecule has 0 aliphatic heterocycles. The van der Waals surface area contributed by atoms with Gasteiger partial charge in [0.2, 0.25) is 0 Å². The van der Waals surface area contributed by atoms with Crippen LogP contribution in [0.2, 0.25) is 0 Å². The van der Waals surface area contributed by atoms with E-state index in [1.807, 2.05) is 6.92 Å². The van der Waals surface area contributed by atoms with Crippen LogP contribution in [0.25, 0.3) is 0 Å². The third-order valence-electron chi connectivity index (χ3n) is 9.89. The average Bonchev–Trinajstić information content (AvgIpc) is 3.13. The lowest BCUT2D eigenvalue weighted by Gasteiger charge is -2.31. The number of hydrogen-bond donors (Lipinski definition) is 6. The van der Waals surface area contributed by atoms with Crippen molar-refractivity contribution >= 4 is 23.6 Å². The SMILES string of the molecule is CCCCCCCCc1cccc(O)c1C(=O)NNC(=O)C(CCC)(CCCCCC)C(=O)NNC(=O)c1c(O)cccc1CCCCCCCC. The predicted molar refractivity (Wildman–Crippen MR) is 208 cm³/mol. The third kappa shape index (κ3) is 14.2. The van der Waals surface area contributed by atoms with Crippen molar-refractivity contribution in [3.63, 3.8) is 0 Å². The molecule has 6 N–H and O–H groups in total. The third-order valence-corrected chi connectivity index (χ3v) is 9.89. The van der Waals surface area contributed by atoms with E-state index < -0.39 is 29.0 Å². The molecule has 10 nitrogen and oxygen atoms in total. The Labute approximate surface area is 312 Å². The Bertz CT molecular complexity index is 1300. The van der Waals surface area contributed by atoms with Gasteiger partial charge in [0.05, 0.1) is 11.1 Å². The molecular weight excluding hydrogens is 656 g/mol. The minimum Gasteiger partial charge on any atom is -0.507 e. The maximum absolute atomic E-state index is 14.0. The number of rotatable bonds is 25. The van der Waals surface area contributed by atoms with Crippen molar-refractivity contribution in [1.82, 2.24) is 21.7 Å². The molecule has 0 aliphatic rings. The maximum atomic E-state index is 14.0. The molecule has 0 aliphatic carbocycles. The number of phenolic OH excluding ortho intramolecular Hbond substituents is 2. The van der Waals surface area contributed by atoms with Gasteiger partial charge >= 0.3 is 0 Å². The molecule has 0 bridgehead atoms. The van der Waals surface area contributed by atoms with Crippen LogP contribution in [0.5, 0.6) is 11.5 Å². The van der Waals surface area contributed by atoms with E-state index >= 15 is 0 Å². The van der Waals surface area contributed by atoms with Gasteiger partial charge in [0, 0.05) is 0 Å². The number of nitrogens with one attached hydrogen (secondary N) is 4. The van der Waals surface area contributed by atoms with E-state index in [9.17, 15) is 29.4 Å². The zero-order chi connectivity index (χ0) is 38.2. The van der Waals surface area contributed by atoms with E-state index in [2.05, 4.69) is 42.5 Å². The van der Waals surface area contributed by atoms with Crippen molar-refractivity contribution in [1.29, 1.82) is 0 Å². The highest BCUT2D eigenvalue weighted by molar-refractivity contribution is 6.07. The summed E-state index contributed by atoms with van der Waals surface area (Å²) in [6.45, 7) is 8.28. The van der Waals surface area contributed by atoms with E-state index in [-0.39, 0.29) is 35.5 Å². The van der Waals surface area contributed by atoms with Gasteiger partial charge in [-0.15, -0.1) is 0 Å². The number of unbranched alkanes of at least 4 members (excludes halogenated alkanes) is 13. The van der Waals surface area contributed by atoms with Gasteiger partial charge in [-0.05, 0) is 61.8 Å². The molecule has 0 radical (unpaired) electrons. The number of hydrazine groups is 2. The van der Waals surface area contributed by atoms with E-state index in [0.29, 0.717) is 36.8 Å². The zero-order valence-electron chi connectivity index (χ0n) is 32.3. The minimum absolute atomic E-state index is 0.0940. The fourth-order valence-corrected chi connectivity index (χ4v) is 6.86. The van der Waals surface area contributed by atoms with Crippen LogP contribution in [0.15, 0.2) is 36.4 Å². The second-order valence-corrected chi connectivity index (χ2v) is 14.1. The number of phenols is 2. The summed E-state index contributed by atoms with van der Waals surface area (Å²) in [7, 11) is 0. The zero-order valence-corrected chi connectivity index (χ0v) is 32.3. The lowest BCUT2D eigenvalue weighted by molar-refractivity contribution is -0.146. The van der Waals surface area contributed by atoms with Crippen molar-refractivity contribution in [2.75, 3.05) is 0 Å². The molecule has 290 valence electrons. The molecule has 0 aromatic heterocycles. The van der Waals surface area contributed by atoms with Crippen LogP contribution in [-0.2, 0) is 22.4 Å². The van der Waals surface area contributed by atoms with Gasteiger partial charge in [-0.1, -0.05) is 148 Å². The molecule has 0 fully saturated rings. The second-order valence-electron chi connectivity index (χ2n) is 14.1. The van der Waals surface area contributed by atoms with Crippen molar-refractivity contribution in [2.45, 2.75) is 163 Å². The summed E-state index contributed by atoms with van der Waals surface area (Å²) in [6, 6.07) is 9.89. The van der Waals surface area contributed by atoms with E-state index in [4.69, 9.17) is 0 Å². The van der Waals surface area contributed by atoms with Gasteiger partial charge in [0.25, 0.3) is 23.6 Å². The lowest BCUT2D eigenvalue weighted by Crippen LogP contribution is -2.58. The number of benzene rings is 2. The second kappa shape index (κ2) is 25.0. The summed E-state index contributed by atoms with van der Waals surface area (Å²) in [6.07, 6.45) is 18.4.